The van der Waals surface area contributed by atoms with Crippen molar-refractivity contribution in [3.63, 3.8) is 0 Å². The summed E-state index contributed by atoms with van der Waals surface area (Å²) in [6, 6.07) is 17.2. The molecule has 5 heterocycles. The first kappa shape index (κ1) is 23.0. The van der Waals surface area contributed by atoms with Crippen molar-refractivity contribution in [2.75, 3.05) is 18.4 Å². The van der Waals surface area contributed by atoms with Crippen molar-refractivity contribution in [2.45, 2.75) is 44.7 Å². The fraction of sp³-hybridized carbons (Fsp3) is 0.300. The largest absolute Gasteiger partial charge is 0.325 e. The maximum Gasteiger partial charge on any atom is 0.235 e. The molecule has 1 saturated heterocycles. The third-order valence-electron chi connectivity index (χ3n) is 8.37. The van der Waals surface area contributed by atoms with E-state index in [-0.39, 0.29) is 5.91 Å². The first-order chi connectivity index (χ1) is 18.5. The summed E-state index contributed by atoms with van der Waals surface area (Å²) in [6.45, 7) is 7.00. The van der Waals surface area contributed by atoms with E-state index in [9.17, 15) is 4.79 Å². The number of benzene rings is 2. The summed E-state index contributed by atoms with van der Waals surface area (Å²) in [7, 11) is 0. The van der Waals surface area contributed by atoms with Crippen molar-refractivity contribution in [1.29, 1.82) is 0 Å². The number of anilines is 1. The summed E-state index contributed by atoms with van der Waals surface area (Å²) in [4.78, 5) is 20.1. The summed E-state index contributed by atoms with van der Waals surface area (Å²) in [5.74, 6) is 1.11. The van der Waals surface area contributed by atoms with Gasteiger partial charge in [0, 0.05) is 23.3 Å². The zero-order chi connectivity index (χ0) is 25.9. The number of hydrazone groups is 1. The van der Waals surface area contributed by atoms with E-state index in [0.717, 1.165) is 65.2 Å². The van der Waals surface area contributed by atoms with Crippen LogP contribution in [0.3, 0.4) is 0 Å². The number of rotatable bonds is 4. The van der Waals surface area contributed by atoms with Gasteiger partial charge in [0.05, 0.1) is 23.2 Å². The standard InChI is InChI=1S/C30H31N7O/c1-20(2)35-14-11-30(12-15-35)24-17-23(6-8-27(24)33-29(30)38)26-9-10-28-36(32-19-37(28)34-26)18-21-5-7-25-22(16-21)4-3-13-31-25/h3-10,13,16-17,19-20,34H,11-12,14-15,18H2,1-2H3,(H,33,38). The topological polar surface area (TPSA) is 76.1 Å². The SMILES string of the molecule is CC(C)N1CCC2(CC1)C(=O)Nc1ccc(C3=CC=C4N(Cc5ccc6ncccc6c5)N=CN4N3)cc12. The lowest BCUT2D eigenvalue weighted by molar-refractivity contribution is -0.122. The maximum atomic E-state index is 13.2. The van der Waals surface area contributed by atoms with Crippen LogP contribution in [-0.2, 0) is 16.8 Å². The molecule has 1 spiro atoms. The van der Waals surface area contributed by atoms with Crippen LogP contribution in [0.2, 0.25) is 0 Å². The van der Waals surface area contributed by atoms with Gasteiger partial charge >= 0.3 is 0 Å². The second kappa shape index (κ2) is 8.70. The summed E-state index contributed by atoms with van der Waals surface area (Å²) in [6.07, 6.45) is 9.51. The molecule has 4 aliphatic rings. The Bertz CT molecular complexity index is 1530. The number of nitrogens with one attached hydrogen (secondary N) is 2. The van der Waals surface area contributed by atoms with Crippen LogP contribution in [0, 0.1) is 0 Å². The van der Waals surface area contributed by atoms with E-state index in [1.165, 1.54) is 5.56 Å². The number of hydrazine groups is 1. The zero-order valence-corrected chi connectivity index (χ0v) is 21.7. The van der Waals surface area contributed by atoms with Crippen molar-refractivity contribution < 1.29 is 4.79 Å². The minimum atomic E-state index is -0.436. The highest BCUT2D eigenvalue weighted by Gasteiger charge is 2.48. The number of likely N-dealkylation sites (tertiary alicyclic amines) is 1. The number of hydrogen-bond acceptors (Lipinski definition) is 7. The molecular formula is C30H31N7O. The maximum absolute atomic E-state index is 13.2. The average molecular weight is 506 g/mol. The van der Waals surface area contributed by atoms with Gasteiger partial charge in [0.1, 0.15) is 12.2 Å². The Labute approximate surface area is 222 Å². The molecule has 0 atom stereocenters. The van der Waals surface area contributed by atoms with E-state index in [4.69, 9.17) is 0 Å². The van der Waals surface area contributed by atoms with Crippen LogP contribution in [0.4, 0.5) is 5.69 Å². The van der Waals surface area contributed by atoms with Crippen molar-refractivity contribution in [1.82, 2.24) is 25.3 Å². The monoisotopic (exact) mass is 505 g/mol. The van der Waals surface area contributed by atoms with Crippen molar-refractivity contribution >= 4 is 34.5 Å². The van der Waals surface area contributed by atoms with Crippen molar-refractivity contribution in [2.24, 2.45) is 5.10 Å². The number of carbonyl (C=O) groups excluding carboxylic acids is 1. The Kier molecular flexibility index (Phi) is 5.26. The van der Waals surface area contributed by atoms with Gasteiger partial charge in [-0.05, 0) is 99.0 Å². The number of nitrogens with zero attached hydrogens (tertiary/aromatic N) is 5. The van der Waals surface area contributed by atoms with Crippen LogP contribution < -0.4 is 10.7 Å². The molecule has 8 heteroatoms. The number of piperidine rings is 1. The molecule has 1 aromatic heterocycles. The molecule has 0 aliphatic carbocycles. The molecular weight excluding hydrogens is 474 g/mol. The minimum Gasteiger partial charge on any atom is -0.325 e. The van der Waals surface area contributed by atoms with E-state index in [2.05, 4.69) is 88.1 Å². The van der Waals surface area contributed by atoms with Crippen LogP contribution in [0.25, 0.3) is 16.6 Å². The Morgan fingerprint density at radius 3 is 2.76 bits per heavy atom. The van der Waals surface area contributed by atoms with E-state index in [0.29, 0.717) is 12.6 Å². The normalized spacial score (nSPS) is 19.9. The molecule has 1 amide bonds. The minimum absolute atomic E-state index is 0.146. The molecule has 0 bridgehead atoms. The van der Waals surface area contributed by atoms with Gasteiger partial charge < -0.3 is 10.2 Å². The van der Waals surface area contributed by atoms with Crippen LogP contribution in [0.1, 0.15) is 43.4 Å². The number of hydrogen-bond donors (Lipinski definition) is 2. The molecule has 4 aliphatic heterocycles. The molecule has 3 aromatic rings. The summed E-state index contributed by atoms with van der Waals surface area (Å²) >= 11 is 0. The molecule has 7 rings (SSSR count). The van der Waals surface area contributed by atoms with Crippen LogP contribution in [0.5, 0.6) is 0 Å². The van der Waals surface area contributed by atoms with Crippen LogP contribution in [0.15, 0.2) is 77.8 Å². The third kappa shape index (κ3) is 3.67. The summed E-state index contributed by atoms with van der Waals surface area (Å²) in [5, 5.41) is 12.9. The molecule has 0 saturated carbocycles. The van der Waals surface area contributed by atoms with Crippen molar-refractivity contribution in [3.8, 4) is 0 Å². The Morgan fingerprint density at radius 1 is 1.05 bits per heavy atom. The lowest BCUT2D eigenvalue weighted by Crippen LogP contribution is -2.48. The lowest BCUT2D eigenvalue weighted by atomic mass is 9.73. The van der Waals surface area contributed by atoms with Gasteiger partial charge in [0.2, 0.25) is 5.91 Å². The Hall–Kier alpha value is -4.17. The predicted molar refractivity (Wildman–Crippen MR) is 150 cm³/mol. The molecule has 38 heavy (non-hydrogen) atoms. The van der Waals surface area contributed by atoms with E-state index >= 15 is 0 Å². The molecule has 192 valence electrons. The number of allylic oxidation sites excluding steroid dienone is 2. The highest BCUT2D eigenvalue weighted by molar-refractivity contribution is 6.06. The molecule has 2 N–H and O–H groups in total. The highest BCUT2D eigenvalue weighted by atomic mass is 16.2. The number of carbonyl (C=O) groups is 1. The Morgan fingerprint density at radius 2 is 1.92 bits per heavy atom. The van der Waals surface area contributed by atoms with E-state index in [1.807, 2.05) is 34.7 Å². The first-order valence-corrected chi connectivity index (χ1v) is 13.3. The molecule has 2 aromatic carbocycles. The van der Waals surface area contributed by atoms with Gasteiger partial charge in [-0.3, -0.25) is 15.2 Å². The predicted octanol–water partition coefficient (Wildman–Crippen LogP) is 4.39. The van der Waals surface area contributed by atoms with Gasteiger partial charge in [-0.2, -0.15) is 5.10 Å². The number of fused-ring (bicyclic) bond motifs is 4. The molecule has 1 fully saturated rings. The van der Waals surface area contributed by atoms with Gasteiger partial charge in [-0.1, -0.05) is 18.2 Å². The third-order valence-corrected chi connectivity index (χ3v) is 8.37. The lowest BCUT2D eigenvalue weighted by Gasteiger charge is -2.40. The second-order valence-electron chi connectivity index (χ2n) is 10.8. The zero-order valence-electron chi connectivity index (χ0n) is 21.7. The van der Waals surface area contributed by atoms with E-state index in [1.54, 1.807) is 0 Å². The molecule has 0 radical (unpaired) electrons. The van der Waals surface area contributed by atoms with Crippen LogP contribution in [-0.4, -0.2) is 51.3 Å². The Balaban J connectivity index is 1.13. The first-order valence-electron chi connectivity index (χ1n) is 13.3. The molecule has 0 unspecified atom stereocenters. The summed E-state index contributed by atoms with van der Waals surface area (Å²) < 4.78 is 0. The second-order valence-corrected chi connectivity index (χ2v) is 10.8. The highest BCUT2D eigenvalue weighted by Crippen LogP contribution is 2.46. The van der Waals surface area contributed by atoms with E-state index < -0.39 is 5.41 Å². The number of amides is 1. The van der Waals surface area contributed by atoms with Gasteiger partial charge in [-0.15, -0.1) is 0 Å². The van der Waals surface area contributed by atoms with Crippen LogP contribution >= 0.6 is 0 Å². The van der Waals surface area contributed by atoms with Gasteiger partial charge in [-0.25, -0.2) is 10.0 Å². The fourth-order valence-corrected chi connectivity index (χ4v) is 6.11. The summed E-state index contributed by atoms with van der Waals surface area (Å²) in [5.41, 5.74) is 9.36. The molecule has 8 nitrogen and oxygen atoms in total. The quantitative estimate of drug-likeness (QED) is 0.548. The smallest absolute Gasteiger partial charge is 0.235 e. The number of pyridine rings is 1. The number of aromatic nitrogens is 1. The van der Waals surface area contributed by atoms with Crippen molar-refractivity contribution in [3.05, 3.63) is 89.4 Å². The average Bonchev–Trinajstić information content (AvgIpc) is 3.46. The fourth-order valence-electron chi connectivity index (χ4n) is 6.11. The van der Waals surface area contributed by atoms with Gasteiger partial charge in [0.25, 0.3) is 0 Å². The van der Waals surface area contributed by atoms with Gasteiger partial charge in [0.15, 0.2) is 0 Å².